The third-order valence-electron chi connectivity index (χ3n) is 2.10. The van der Waals surface area contributed by atoms with Crippen LogP contribution < -0.4 is 4.72 Å². The summed E-state index contributed by atoms with van der Waals surface area (Å²) in [7, 11) is -4.04. The van der Waals surface area contributed by atoms with Crippen molar-refractivity contribution >= 4 is 44.6 Å². The van der Waals surface area contributed by atoms with E-state index in [9.17, 15) is 23.3 Å². The van der Waals surface area contributed by atoms with Crippen LogP contribution >= 0.6 is 22.9 Å². The van der Waals surface area contributed by atoms with E-state index in [1.807, 2.05) is 4.72 Å². The quantitative estimate of drug-likeness (QED) is 0.479. The fourth-order valence-electron chi connectivity index (χ4n) is 1.12. The molecule has 0 amide bonds. The minimum atomic E-state index is -4.04. The van der Waals surface area contributed by atoms with Crippen molar-refractivity contribution in [3.63, 3.8) is 0 Å². The van der Waals surface area contributed by atoms with Crippen LogP contribution in [0.25, 0.3) is 0 Å². The molecule has 0 unspecified atom stereocenters. The Balaban J connectivity index is 2.77. The molecule has 1 atom stereocenters. The van der Waals surface area contributed by atoms with Gasteiger partial charge >= 0.3 is 5.97 Å². The molecule has 0 spiro atoms. The van der Waals surface area contributed by atoms with E-state index in [-0.39, 0.29) is 21.5 Å². The molecule has 12 heteroatoms. The van der Waals surface area contributed by atoms with Gasteiger partial charge in [0.2, 0.25) is 10.0 Å². The lowest BCUT2D eigenvalue weighted by atomic mass is 10.3. The van der Waals surface area contributed by atoms with Crippen molar-refractivity contribution in [3.05, 3.63) is 20.5 Å². The van der Waals surface area contributed by atoms with E-state index < -0.39 is 32.7 Å². The zero-order valence-corrected chi connectivity index (χ0v) is 12.0. The third-order valence-corrected chi connectivity index (χ3v) is 5.38. The van der Waals surface area contributed by atoms with Crippen LogP contribution in [0.1, 0.15) is 6.42 Å². The van der Waals surface area contributed by atoms with Crippen molar-refractivity contribution in [3.8, 4) is 0 Å². The molecule has 0 fully saturated rings. The lowest BCUT2D eigenvalue weighted by Gasteiger charge is -2.06. The molecule has 0 saturated carbocycles. The molecule has 0 saturated heterocycles. The van der Waals surface area contributed by atoms with Crippen molar-refractivity contribution in [2.45, 2.75) is 16.7 Å². The summed E-state index contributed by atoms with van der Waals surface area (Å²) < 4.78 is 24.9. The van der Waals surface area contributed by atoms with Crippen molar-refractivity contribution in [1.82, 2.24) is 4.72 Å². The largest absolute Gasteiger partial charge is 0.479 e. The number of nitro groups is 1. The highest BCUT2D eigenvalue weighted by molar-refractivity contribution is 7.91. The zero-order valence-electron chi connectivity index (χ0n) is 9.65. The van der Waals surface area contributed by atoms with Gasteiger partial charge in [-0.2, -0.15) is 0 Å². The smallest absolute Gasteiger partial charge is 0.332 e. The van der Waals surface area contributed by atoms with Gasteiger partial charge in [-0.05, 0) is 6.42 Å². The van der Waals surface area contributed by atoms with Crippen LogP contribution in [0.4, 0.5) is 5.69 Å². The number of nitrogens with one attached hydrogen (secondary N) is 1. The van der Waals surface area contributed by atoms with Crippen LogP contribution in [-0.2, 0) is 14.8 Å². The Morgan fingerprint density at radius 3 is 2.65 bits per heavy atom. The molecule has 1 aromatic heterocycles. The predicted molar refractivity (Wildman–Crippen MR) is 69.4 cm³/mol. The molecule has 0 radical (unpaired) electrons. The van der Waals surface area contributed by atoms with Crippen molar-refractivity contribution < 1.29 is 28.3 Å². The first-order valence-electron chi connectivity index (χ1n) is 4.99. The first-order valence-corrected chi connectivity index (χ1v) is 7.67. The number of halogens is 1. The van der Waals surface area contributed by atoms with E-state index in [2.05, 4.69) is 0 Å². The molecular weight excluding hydrogens is 336 g/mol. The summed E-state index contributed by atoms with van der Waals surface area (Å²) >= 11 is 6.05. The Bertz CT molecular complexity index is 627. The topological polar surface area (TPSA) is 147 Å². The molecule has 0 aliphatic carbocycles. The van der Waals surface area contributed by atoms with Gasteiger partial charge in [0.1, 0.15) is 4.21 Å². The molecule has 9 nitrogen and oxygen atoms in total. The minimum Gasteiger partial charge on any atom is -0.479 e. The number of aliphatic hydroxyl groups excluding tert-OH is 1. The maximum absolute atomic E-state index is 11.8. The molecule has 20 heavy (non-hydrogen) atoms. The van der Waals surface area contributed by atoms with Gasteiger partial charge in [-0.25, -0.2) is 17.9 Å². The highest BCUT2D eigenvalue weighted by Gasteiger charge is 2.25. The summed E-state index contributed by atoms with van der Waals surface area (Å²) in [5.74, 6) is -1.47. The first-order chi connectivity index (χ1) is 9.15. The van der Waals surface area contributed by atoms with Crippen LogP contribution in [0, 0.1) is 10.1 Å². The van der Waals surface area contributed by atoms with Gasteiger partial charge in [0, 0.05) is 12.6 Å². The number of thiophene rings is 1. The number of hydrogen-bond donors (Lipinski definition) is 3. The molecule has 0 aliphatic rings. The van der Waals surface area contributed by atoms with E-state index in [0.29, 0.717) is 11.3 Å². The van der Waals surface area contributed by atoms with Crippen LogP contribution in [0.15, 0.2) is 10.3 Å². The lowest BCUT2D eigenvalue weighted by Crippen LogP contribution is -2.29. The van der Waals surface area contributed by atoms with Gasteiger partial charge < -0.3 is 10.2 Å². The summed E-state index contributed by atoms with van der Waals surface area (Å²) in [5.41, 5.74) is -0.525. The van der Waals surface area contributed by atoms with Gasteiger partial charge in [-0.15, -0.1) is 11.3 Å². The number of carboxylic acids is 1. The maximum atomic E-state index is 11.8. The number of aliphatic hydroxyl groups is 1. The zero-order chi connectivity index (χ0) is 15.5. The summed E-state index contributed by atoms with van der Waals surface area (Å²) in [6.07, 6.45) is -2.03. The van der Waals surface area contributed by atoms with Gasteiger partial charge in [-0.1, -0.05) is 11.6 Å². The van der Waals surface area contributed by atoms with Crippen LogP contribution in [0.5, 0.6) is 0 Å². The fraction of sp³-hybridized carbons (Fsp3) is 0.375. The molecule has 112 valence electrons. The Labute approximate surface area is 122 Å². The SMILES string of the molecule is O=C(O)[C@@H](O)CCNS(=O)(=O)c1cc([N+](=O)[O-])c(Cl)s1. The molecular formula is C8H9ClN2O7S2. The minimum absolute atomic E-state index is 0.277. The van der Waals surface area contributed by atoms with Gasteiger partial charge in [0.05, 0.1) is 4.92 Å². The predicted octanol–water partition coefficient (Wildman–Crippen LogP) is 0.424. The average Bonchev–Trinajstić information content (AvgIpc) is 2.71. The number of nitrogens with zero attached hydrogens (tertiary/aromatic N) is 1. The second-order valence-electron chi connectivity index (χ2n) is 3.52. The molecule has 0 bridgehead atoms. The van der Waals surface area contributed by atoms with E-state index >= 15 is 0 Å². The van der Waals surface area contributed by atoms with Crippen LogP contribution in [0.3, 0.4) is 0 Å². The lowest BCUT2D eigenvalue weighted by molar-refractivity contribution is -0.384. The average molecular weight is 345 g/mol. The summed E-state index contributed by atoms with van der Waals surface area (Å²) in [5, 5.41) is 27.9. The number of carbonyl (C=O) groups is 1. The molecule has 3 N–H and O–H groups in total. The molecule has 1 heterocycles. The first kappa shape index (κ1) is 16.8. The van der Waals surface area contributed by atoms with Crippen LogP contribution in [-0.4, -0.2) is 42.2 Å². The number of sulfonamides is 1. The Morgan fingerprint density at radius 1 is 1.60 bits per heavy atom. The second-order valence-corrected chi connectivity index (χ2v) is 7.17. The molecule has 1 aromatic rings. The molecule has 0 aromatic carbocycles. The Hall–Kier alpha value is -1.27. The standard InChI is InChI=1S/C8H9ClN2O7S2/c9-7-4(11(15)16)3-6(19-7)20(17,18)10-2-1-5(12)8(13)14/h3,5,10,12H,1-2H2,(H,13,14)/t5-/m0/s1. The molecule has 0 aliphatic heterocycles. The number of hydrogen-bond acceptors (Lipinski definition) is 7. The van der Waals surface area contributed by atoms with Crippen molar-refractivity contribution in [2.24, 2.45) is 0 Å². The van der Waals surface area contributed by atoms with Gasteiger partial charge in [0.15, 0.2) is 10.4 Å². The number of aliphatic carboxylic acids is 1. The Kier molecular flexibility index (Phi) is 5.42. The van der Waals surface area contributed by atoms with Crippen molar-refractivity contribution in [2.75, 3.05) is 6.54 Å². The van der Waals surface area contributed by atoms with E-state index in [4.69, 9.17) is 21.8 Å². The highest BCUT2D eigenvalue weighted by atomic mass is 35.5. The summed E-state index contributed by atoms with van der Waals surface area (Å²) in [6.45, 7) is -0.334. The monoisotopic (exact) mass is 344 g/mol. The van der Waals surface area contributed by atoms with Crippen LogP contribution in [0.2, 0.25) is 4.34 Å². The normalized spacial score (nSPS) is 13.1. The number of carboxylic acid groups (broad SMARTS) is 1. The van der Waals surface area contributed by atoms with E-state index in [1.165, 1.54) is 0 Å². The molecule has 1 rings (SSSR count). The summed E-state index contributed by atoms with van der Waals surface area (Å²) in [6, 6.07) is 0.808. The van der Waals surface area contributed by atoms with E-state index in [1.54, 1.807) is 0 Å². The number of rotatable bonds is 7. The highest BCUT2D eigenvalue weighted by Crippen LogP contribution is 2.35. The second kappa shape index (κ2) is 6.45. The maximum Gasteiger partial charge on any atom is 0.332 e. The van der Waals surface area contributed by atoms with Crippen molar-refractivity contribution in [1.29, 1.82) is 0 Å². The fourth-order valence-corrected chi connectivity index (χ4v) is 3.88. The Morgan fingerprint density at radius 2 is 2.20 bits per heavy atom. The van der Waals surface area contributed by atoms with Gasteiger partial charge in [0.25, 0.3) is 5.69 Å². The van der Waals surface area contributed by atoms with Gasteiger partial charge in [-0.3, -0.25) is 10.1 Å². The summed E-state index contributed by atoms with van der Waals surface area (Å²) in [4.78, 5) is 20.1. The van der Waals surface area contributed by atoms with E-state index in [0.717, 1.165) is 6.07 Å². The third kappa shape index (κ3) is 4.11.